The van der Waals surface area contributed by atoms with E-state index in [0.29, 0.717) is 11.3 Å². The number of nitrogens with one attached hydrogen (secondary N) is 1. The van der Waals surface area contributed by atoms with Crippen LogP contribution in [0.3, 0.4) is 0 Å². The Morgan fingerprint density at radius 2 is 1.41 bits per heavy atom. The van der Waals surface area contributed by atoms with Gasteiger partial charge in [-0.1, -0.05) is 96.2 Å². The molecule has 0 spiro atoms. The first-order valence-electron chi connectivity index (χ1n) is 11.4. The van der Waals surface area contributed by atoms with E-state index in [2.05, 4.69) is 10.5 Å². The van der Waals surface area contributed by atoms with Gasteiger partial charge in [0, 0.05) is 12.3 Å². The van der Waals surface area contributed by atoms with Crippen LogP contribution in [-0.4, -0.2) is 29.4 Å². The van der Waals surface area contributed by atoms with Gasteiger partial charge in [0.15, 0.2) is 0 Å². The predicted octanol–water partition coefficient (Wildman–Crippen LogP) is 5.10. The van der Waals surface area contributed by atoms with Crippen molar-refractivity contribution in [2.75, 3.05) is 6.61 Å². The molecular formula is C28H30N2O4. The summed E-state index contributed by atoms with van der Waals surface area (Å²) in [7, 11) is 0. The quantitative estimate of drug-likeness (QED) is 0.146. The number of hydrogen-bond acceptors (Lipinski definition) is 5. The molecule has 0 bridgehead atoms. The van der Waals surface area contributed by atoms with Gasteiger partial charge in [-0.25, -0.2) is 0 Å². The lowest BCUT2D eigenvalue weighted by Crippen LogP contribution is -2.41. The Morgan fingerprint density at radius 1 is 0.882 bits per heavy atom. The number of oxime groups is 1. The molecule has 0 fully saturated rings. The monoisotopic (exact) mass is 458 g/mol. The second kappa shape index (κ2) is 12.3. The maximum absolute atomic E-state index is 13.6. The van der Waals surface area contributed by atoms with Crippen LogP contribution in [0.1, 0.15) is 48.9 Å². The van der Waals surface area contributed by atoms with Crippen LogP contribution in [-0.2, 0) is 14.3 Å². The summed E-state index contributed by atoms with van der Waals surface area (Å²) in [6.07, 6.45) is 0.168. The Morgan fingerprint density at radius 3 is 1.94 bits per heavy atom. The van der Waals surface area contributed by atoms with E-state index in [-0.39, 0.29) is 19.1 Å². The van der Waals surface area contributed by atoms with Crippen molar-refractivity contribution in [2.45, 2.75) is 32.2 Å². The number of carbonyl (C=O) groups is 2. The summed E-state index contributed by atoms with van der Waals surface area (Å²) in [6.45, 7) is 3.73. The Kier molecular flexibility index (Phi) is 8.97. The van der Waals surface area contributed by atoms with E-state index in [1.807, 2.05) is 97.9 Å². The normalized spacial score (nSPS) is 14.0. The second-order valence-corrected chi connectivity index (χ2v) is 8.00. The number of nitrogens with zero attached hydrogens (tertiary/aromatic N) is 1. The van der Waals surface area contributed by atoms with Crippen LogP contribution < -0.4 is 5.32 Å². The highest BCUT2D eigenvalue weighted by Gasteiger charge is 2.38. The second-order valence-electron chi connectivity index (χ2n) is 8.00. The molecule has 2 N–H and O–H groups in total. The Balaban J connectivity index is 1.98. The van der Waals surface area contributed by atoms with Crippen molar-refractivity contribution in [2.24, 2.45) is 11.1 Å². The minimum absolute atomic E-state index is 0.151. The van der Waals surface area contributed by atoms with Gasteiger partial charge in [0.05, 0.1) is 18.4 Å². The molecule has 176 valence electrons. The summed E-state index contributed by atoms with van der Waals surface area (Å²) in [5.74, 6) is -2.78. The third-order valence-corrected chi connectivity index (χ3v) is 5.75. The molecular weight excluding hydrogens is 428 g/mol. The molecule has 0 aliphatic rings. The highest BCUT2D eigenvalue weighted by Crippen LogP contribution is 2.32. The van der Waals surface area contributed by atoms with Gasteiger partial charge in [-0.05, 0) is 30.5 Å². The number of esters is 1. The molecule has 1 amide bonds. The minimum atomic E-state index is -1.13. The van der Waals surface area contributed by atoms with Crippen LogP contribution in [0, 0.1) is 5.92 Å². The molecule has 0 radical (unpaired) electrons. The molecule has 6 nitrogen and oxygen atoms in total. The number of carbonyl (C=O) groups excluding carboxylic acids is 2. The highest BCUT2D eigenvalue weighted by atomic mass is 16.5. The van der Waals surface area contributed by atoms with Crippen LogP contribution in [0.5, 0.6) is 0 Å². The smallest absolute Gasteiger partial charge is 0.319 e. The first kappa shape index (κ1) is 24.7. The van der Waals surface area contributed by atoms with E-state index in [4.69, 9.17) is 4.74 Å². The molecule has 3 rings (SSSR count). The van der Waals surface area contributed by atoms with E-state index in [1.54, 1.807) is 6.92 Å². The largest absolute Gasteiger partial charge is 0.465 e. The molecule has 3 atom stereocenters. The molecule has 6 heteroatoms. The first-order valence-corrected chi connectivity index (χ1v) is 11.4. The zero-order chi connectivity index (χ0) is 24.3. The van der Waals surface area contributed by atoms with Gasteiger partial charge in [-0.15, -0.1) is 0 Å². The average Bonchev–Trinajstić information content (AvgIpc) is 2.88. The minimum Gasteiger partial charge on any atom is -0.465 e. The summed E-state index contributed by atoms with van der Waals surface area (Å²) in [6, 6.07) is 27.8. The maximum atomic E-state index is 13.6. The lowest BCUT2D eigenvalue weighted by atomic mass is 9.80. The molecule has 3 aromatic rings. The van der Waals surface area contributed by atoms with Gasteiger partial charge in [-0.3, -0.25) is 9.59 Å². The summed E-state index contributed by atoms with van der Waals surface area (Å²) >= 11 is 0. The van der Waals surface area contributed by atoms with Gasteiger partial charge in [-0.2, -0.15) is 0 Å². The highest BCUT2D eigenvalue weighted by molar-refractivity contribution is 6.03. The molecule has 3 aromatic carbocycles. The number of hydrogen-bond donors (Lipinski definition) is 2. The zero-order valence-corrected chi connectivity index (χ0v) is 19.4. The van der Waals surface area contributed by atoms with Crippen molar-refractivity contribution in [3.63, 3.8) is 0 Å². The van der Waals surface area contributed by atoms with E-state index < -0.39 is 23.7 Å². The van der Waals surface area contributed by atoms with Crippen molar-refractivity contribution in [3.05, 3.63) is 108 Å². The van der Waals surface area contributed by atoms with Crippen molar-refractivity contribution in [3.8, 4) is 0 Å². The van der Waals surface area contributed by atoms with Crippen LogP contribution in [0.25, 0.3) is 0 Å². The molecule has 0 aliphatic heterocycles. The molecule has 34 heavy (non-hydrogen) atoms. The summed E-state index contributed by atoms with van der Waals surface area (Å²) < 4.78 is 5.33. The van der Waals surface area contributed by atoms with Gasteiger partial charge in [0.2, 0.25) is 5.91 Å². The van der Waals surface area contributed by atoms with Crippen LogP contribution in [0.15, 0.2) is 96.2 Å². The lowest BCUT2D eigenvalue weighted by Gasteiger charge is -2.27. The molecule has 0 saturated carbocycles. The van der Waals surface area contributed by atoms with Crippen LogP contribution >= 0.6 is 0 Å². The fourth-order valence-electron chi connectivity index (χ4n) is 4.00. The maximum Gasteiger partial charge on any atom is 0.319 e. The number of benzene rings is 3. The van der Waals surface area contributed by atoms with Gasteiger partial charge < -0.3 is 15.3 Å². The standard InChI is InChI=1S/C28H30N2O4/c1-3-34-28(32)26(27(31)29-20(2)21-13-7-4-8-14-21)24(22-15-9-5-10-16-22)19-25(30-33)23-17-11-6-12-18-23/h4-18,20,24,26,33H,3,19H2,1-2H3,(H,29,31)/b30-25+/t20-,24?,26?/m0/s1. The summed E-state index contributed by atoms with van der Waals surface area (Å²) in [4.78, 5) is 26.7. The third-order valence-electron chi connectivity index (χ3n) is 5.75. The molecule has 2 unspecified atom stereocenters. The van der Waals surface area contributed by atoms with Crippen molar-refractivity contribution >= 4 is 17.6 Å². The molecule has 0 saturated heterocycles. The Bertz CT molecular complexity index is 1090. The summed E-state index contributed by atoms with van der Waals surface area (Å²) in [5.41, 5.74) is 2.80. The van der Waals surface area contributed by atoms with Crippen LogP contribution in [0.4, 0.5) is 0 Å². The first-order chi connectivity index (χ1) is 16.5. The molecule has 0 aliphatic carbocycles. The van der Waals surface area contributed by atoms with Crippen LogP contribution in [0.2, 0.25) is 0 Å². The van der Waals surface area contributed by atoms with Gasteiger partial charge in [0.1, 0.15) is 5.92 Å². The topological polar surface area (TPSA) is 88.0 Å². The number of ether oxygens (including phenoxy) is 1. The van der Waals surface area contributed by atoms with E-state index >= 15 is 0 Å². The van der Waals surface area contributed by atoms with Crippen molar-refractivity contribution in [1.29, 1.82) is 0 Å². The van der Waals surface area contributed by atoms with Crippen molar-refractivity contribution in [1.82, 2.24) is 5.32 Å². The van der Waals surface area contributed by atoms with Gasteiger partial charge >= 0.3 is 5.97 Å². The summed E-state index contributed by atoms with van der Waals surface area (Å²) in [5, 5.41) is 16.3. The molecule has 0 heterocycles. The fraction of sp³-hybridized carbons (Fsp3) is 0.250. The lowest BCUT2D eigenvalue weighted by molar-refractivity contribution is -0.153. The van der Waals surface area contributed by atoms with E-state index in [1.165, 1.54) is 0 Å². The van der Waals surface area contributed by atoms with Crippen molar-refractivity contribution < 1.29 is 19.5 Å². The van der Waals surface area contributed by atoms with Gasteiger partial charge in [0.25, 0.3) is 0 Å². The SMILES string of the molecule is CCOC(=O)C(C(=O)N[C@@H](C)c1ccccc1)C(C/C(=N\O)c1ccccc1)c1ccccc1. The predicted molar refractivity (Wildman–Crippen MR) is 132 cm³/mol. The fourth-order valence-corrected chi connectivity index (χ4v) is 4.00. The third kappa shape index (κ3) is 6.32. The van der Waals surface area contributed by atoms with E-state index in [0.717, 1.165) is 11.1 Å². The Labute approximate surface area is 200 Å². The number of rotatable bonds is 10. The average molecular weight is 459 g/mol. The Hall–Kier alpha value is -3.93. The molecule has 0 aromatic heterocycles. The zero-order valence-electron chi connectivity index (χ0n) is 19.4. The van der Waals surface area contributed by atoms with E-state index in [9.17, 15) is 14.8 Å². The number of amides is 1.